The van der Waals surface area contributed by atoms with Gasteiger partial charge in [-0.05, 0) is 114 Å². The molecule has 1 heterocycles. The maximum atomic E-state index is 6.51. The van der Waals surface area contributed by atoms with Crippen LogP contribution in [0, 0.1) is 0 Å². The Kier molecular flexibility index (Phi) is 8.53. The molecule has 0 aliphatic carbocycles. The van der Waals surface area contributed by atoms with Crippen LogP contribution in [0.4, 0.5) is 17.1 Å². The predicted octanol–water partition coefficient (Wildman–Crippen LogP) is 17.2. The fourth-order valence-corrected chi connectivity index (χ4v) is 9.63. The standard InChI is InChI=1S/C60H39NO/c1-3-17-42(18-4-1)59-54-26-10-9-24-50(54)51-36-32-44(38-55(51)60(59)43-19-5-2-6-20-43)49-23-11-13-28-56(49)61(46-35-37-53-52-25-12-14-29-57(52)62-58(53)39-46)45-33-30-41(31-34-45)48-27-15-21-40-16-7-8-22-47(40)48/h1-39H. The normalized spacial score (nSPS) is 11.5. The Morgan fingerprint density at radius 2 is 0.806 bits per heavy atom. The zero-order valence-electron chi connectivity index (χ0n) is 33.9. The summed E-state index contributed by atoms with van der Waals surface area (Å²) in [4.78, 5) is 2.38. The number of hydrogen-bond acceptors (Lipinski definition) is 2. The van der Waals surface area contributed by atoms with Gasteiger partial charge >= 0.3 is 0 Å². The summed E-state index contributed by atoms with van der Waals surface area (Å²) in [7, 11) is 0. The summed E-state index contributed by atoms with van der Waals surface area (Å²) in [6.45, 7) is 0. The number of hydrogen-bond donors (Lipinski definition) is 0. The molecule has 0 saturated carbocycles. The highest BCUT2D eigenvalue weighted by Gasteiger charge is 2.22. The van der Waals surface area contributed by atoms with Gasteiger partial charge in [-0.25, -0.2) is 0 Å². The van der Waals surface area contributed by atoms with Crippen molar-refractivity contribution >= 4 is 71.3 Å². The molecule has 0 unspecified atom stereocenters. The van der Waals surface area contributed by atoms with Crippen molar-refractivity contribution in [2.45, 2.75) is 0 Å². The van der Waals surface area contributed by atoms with Crippen LogP contribution < -0.4 is 4.90 Å². The Bertz CT molecular complexity index is 3620. The topological polar surface area (TPSA) is 16.4 Å². The molecule has 0 spiro atoms. The van der Waals surface area contributed by atoms with E-state index in [2.05, 4.69) is 229 Å². The van der Waals surface area contributed by atoms with E-state index < -0.39 is 0 Å². The lowest BCUT2D eigenvalue weighted by atomic mass is 9.84. The van der Waals surface area contributed by atoms with Crippen molar-refractivity contribution < 1.29 is 4.42 Å². The Morgan fingerprint density at radius 1 is 0.274 bits per heavy atom. The Labute approximate surface area is 360 Å². The molecule has 0 N–H and O–H groups in total. The third kappa shape index (κ3) is 5.96. The van der Waals surface area contributed by atoms with Gasteiger partial charge < -0.3 is 9.32 Å². The van der Waals surface area contributed by atoms with Gasteiger partial charge in [0.15, 0.2) is 0 Å². The summed E-state index contributed by atoms with van der Waals surface area (Å²) in [6, 6.07) is 85.5. The third-order valence-corrected chi connectivity index (χ3v) is 12.5. The van der Waals surface area contributed by atoms with E-state index in [1.54, 1.807) is 0 Å². The summed E-state index contributed by atoms with van der Waals surface area (Å²) in [5, 5.41) is 9.65. The quantitative estimate of drug-likeness (QED) is 0.150. The molecule has 0 bridgehead atoms. The number of para-hydroxylation sites is 2. The summed E-state index contributed by atoms with van der Waals surface area (Å²) >= 11 is 0. The monoisotopic (exact) mass is 789 g/mol. The van der Waals surface area contributed by atoms with E-state index in [4.69, 9.17) is 4.42 Å². The molecule has 0 radical (unpaired) electrons. The first-order chi connectivity index (χ1) is 30.8. The molecule has 2 heteroatoms. The summed E-state index contributed by atoms with van der Waals surface area (Å²) in [5.74, 6) is 0. The molecule has 1 aromatic heterocycles. The second-order valence-electron chi connectivity index (χ2n) is 16.0. The molecule has 0 atom stereocenters. The van der Waals surface area contributed by atoms with Gasteiger partial charge in [0.2, 0.25) is 0 Å². The minimum Gasteiger partial charge on any atom is -0.456 e. The van der Waals surface area contributed by atoms with E-state index in [1.165, 1.54) is 65.7 Å². The largest absolute Gasteiger partial charge is 0.456 e. The van der Waals surface area contributed by atoms with Crippen LogP contribution >= 0.6 is 0 Å². The Hall–Kier alpha value is -8.20. The van der Waals surface area contributed by atoms with E-state index in [9.17, 15) is 0 Å². The number of rotatable bonds is 7. The molecule has 2 nitrogen and oxygen atoms in total. The fourth-order valence-electron chi connectivity index (χ4n) is 9.63. The van der Waals surface area contributed by atoms with Crippen LogP contribution in [0.2, 0.25) is 0 Å². The van der Waals surface area contributed by atoms with Crippen LogP contribution in [0.1, 0.15) is 0 Å². The van der Waals surface area contributed by atoms with Crippen LogP contribution in [0.3, 0.4) is 0 Å². The lowest BCUT2D eigenvalue weighted by Gasteiger charge is -2.28. The zero-order chi connectivity index (χ0) is 41.0. The number of furan rings is 1. The van der Waals surface area contributed by atoms with E-state index in [0.29, 0.717) is 0 Å². The molecule has 0 saturated heterocycles. The minimum absolute atomic E-state index is 0.858. The van der Waals surface area contributed by atoms with Gasteiger partial charge in [0, 0.05) is 33.8 Å². The summed E-state index contributed by atoms with van der Waals surface area (Å²) < 4.78 is 6.51. The van der Waals surface area contributed by atoms with E-state index in [0.717, 1.165) is 50.1 Å². The molecule has 0 aliphatic rings. The number of anilines is 3. The van der Waals surface area contributed by atoms with Crippen molar-refractivity contribution in [3.05, 3.63) is 237 Å². The SMILES string of the molecule is c1ccc(-c2c(-c3ccccc3)c3cc(-c4ccccc4N(c4ccc(-c5cccc6ccccc56)cc4)c4ccc5c(c4)oc4ccccc45)ccc3c3ccccc23)cc1. The smallest absolute Gasteiger partial charge is 0.137 e. The van der Waals surface area contributed by atoms with Crippen LogP contribution in [0.25, 0.3) is 98.8 Å². The predicted molar refractivity (Wildman–Crippen MR) is 263 cm³/mol. The maximum absolute atomic E-state index is 6.51. The molecule has 0 aliphatic heterocycles. The van der Waals surface area contributed by atoms with Gasteiger partial charge in [0.25, 0.3) is 0 Å². The van der Waals surface area contributed by atoms with Crippen LogP contribution in [0.15, 0.2) is 241 Å². The number of fused-ring (bicyclic) bond motifs is 7. The molecular formula is C60H39NO. The van der Waals surface area contributed by atoms with Crippen molar-refractivity contribution in [3.63, 3.8) is 0 Å². The molecular weight excluding hydrogens is 751 g/mol. The van der Waals surface area contributed by atoms with Crippen molar-refractivity contribution in [2.75, 3.05) is 4.90 Å². The molecule has 290 valence electrons. The molecule has 12 aromatic rings. The van der Waals surface area contributed by atoms with Gasteiger partial charge in [-0.1, -0.05) is 188 Å². The first-order valence-corrected chi connectivity index (χ1v) is 21.3. The summed E-state index contributed by atoms with van der Waals surface area (Å²) in [5.41, 5.74) is 14.4. The van der Waals surface area contributed by atoms with Gasteiger partial charge in [0.1, 0.15) is 11.2 Å². The lowest BCUT2D eigenvalue weighted by Crippen LogP contribution is -2.11. The van der Waals surface area contributed by atoms with Gasteiger partial charge in [-0.2, -0.15) is 0 Å². The fraction of sp³-hybridized carbons (Fsp3) is 0. The van der Waals surface area contributed by atoms with E-state index >= 15 is 0 Å². The number of benzene rings is 11. The average molecular weight is 790 g/mol. The first kappa shape index (κ1) is 35.7. The molecule has 12 rings (SSSR count). The highest BCUT2D eigenvalue weighted by molar-refractivity contribution is 6.22. The van der Waals surface area contributed by atoms with Crippen molar-refractivity contribution in [2.24, 2.45) is 0 Å². The van der Waals surface area contributed by atoms with Crippen molar-refractivity contribution in [1.29, 1.82) is 0 Å². The highest BCUT2D eigenvalue weighted by Crippen LogP contribution is 2.48. The molecule has 0 amide bonds. The van der Waals surface area contributed by atoms with E-state index in [1.807, 2.05) is 12.1 Å². The van der Waals surface area contributed by atoms with Crippen LogP contribution in [0.5, 0.6) is 0 Å². The van der Waals surface area contributed by atoms with Crippen LogP contribution in [-0.4, -0.2) is 0 Å². The Morgan fingerprint density at radius 3 is 1.60 bits per heavy atom. The second-order valence-corrected chi connectivity index (χ2v) is 16.0. The number of nitrogens with zero attached hydrogens (tertiary/aromatic N) is 1. The summed E-state index contributed by atoms with van der Waals surface area (Å²) in [6.07, 6.45) is 0. The molecule has 0 fully saturated rings. The van der Waals surface area contributed by atoms with Crippen molar-refractivity contribution in [1.82, 2.24) is 0 Å². The third-order valence-electron chi connectivity index (χ3n) is 12.5. The molecule has 11 aromatic carbocycles. The van der Waals surface area contributed by atoms with Crippen LogP contribution in [-0.2, 0) is 0 Å². The molecule has 62 heavy (non-hydrogen) atoms. The van der Waals surface area contributed by atoms with Gasteiger partial charge in [-0.3, -0.25) is 0 Å². The minimum atomic E-state index is 0.858. The van der Waals surface area contributed by atoms with Crippen molar-refractivity contribution in [3.8, 4) is 44.5 Å². The zero-order valence-corrected chi connectivity index (χ0v) is 33.9. The second kappa shape index (κ2) is 14.8. The van der Waals surface area contributed by atoms with E-state index in [-0.39, 0.29) is 0 Å². The highest BCUT2D eigenvalue weighted by atomic mass is 16.3. The first-order valence-electron chi connectivity index (χ1n) is 21.3. The maximum Gasteiger partial charge on any atom is 0.137 e. The Balaban J connectivity index is 1.09. The average Bonchev–Trinajstić information content (AvgIpc) is 3.72. The van der Waals surface area contributed by atoms with Gasteiger partial charge in [-0.15, -0.1) is 0 Å². The van der Waals surface area contributed by atoms with Gasteiger partial charge in [0.05, 0.1) is 5.69 Å². The lowest BCUT2D eigenvalue weighted by molar-refractivity contribution is 0.669.